The molecule has 3 aliphatic carbocycles. The van der Waals surface area contributed by atoms with Crippen molar-refractivity contribution in [3.63, 3.8) is 0 Å². The van der Waals surface area contributed by atoms with E-state index in [0.29, 0.717) is 16.7 Å². The van der Waals surface area contributed by atoms with Crippen LogP contribution in [0.2, 0.25) is 0 Å². The topological polar surface area (TPSA) is 156 Å². The number of carbonyl (C=O) groups is 1. The van der Waals surface area contributed by atoms with Crippen molar-refractivity contribution in [2.24, 2.45) is 0 Å². The molecule has 2 bridgehead atoms. The lowest BCUT2D eigenvalue weighted by atomic mass is 9.52. The molecule has 11 heteroatoms. The highest BCUT2D eigenvalue weighted by Gasteiger charge is 2.58. The predicted molar refractivity (Wildman–Crippen MR) is 112 cm³/mol. The third kappa shape index (κ3) is 2.47. The maximum atomic E-state index is 13.5. The molecular weight excluding hydrogens is 434 g/mol. The summed E-state index contributed by atoms with van der Waals surface area (Å²) in [6, 6.07) is 12.3. The normalized spacial score (nSPS) is 19.1. The lowest BCUT2D eigenvalue weighted by Gasteiger charge is -2.48. The summed E-state index contributed by atoms with van der Waals surface area (Å²) in [4.78, 5) is 46.3. The van der Waals surface area contributed by atoms with E-state index in [-0.39, 0.29) is 33.8 Å². The van der Waals surface area contributed by atoms with Crippen molar-refractivity contribution >= 4 is 23.0 Å². The fourth-order valence-corrected chi connectivity index (χ4v) is 5.12. The summed E-state index contributed by atoms with van der Waals surface area (Å²) in [6.45, 7) is 0. The van der Waals surface area contributed by atoms with Crippen molar-refractivity contribution < 1.29 is 24.3 Å². The van der Waals surface area contributed by atoms with E-state index in [9.17, 15) is 35.1 Å². The second-order valence-electron chi connectivity index (χ2n) is 7.76. The van der Waals surface area contributed by atoms with E-state index < -0.39 is 32.1 Å². The average molecular weight is 447 g/mol. The van der Waals surface area contributed by atoms with Gasteiger partial charge in [-0.25, -0.2) is 0 Å². The molecule has 0 fully saturated rings. The van der Waals surface area contributed by atoms with Gasteiger partial charge in [0.05, 0.1) is 21.9 Å². The molecule has 0 unspecified atom stereocenters. The van der Waals surface area contributed by atoms with E-state index in [0.717, 1.165) is 7.11 Å². The average Bonchev–Trinajstić information content (AvgIpc) is 2.81. The van der Waals surface area contributed by atoms with Crippen molar-refractivity contribution in [3.8, 4) is 0 Å². The molecule has 6 rings (SSSR count). The van der Waals surface area contributed by atoms with Gasteiger partial charge in [-0.3, -0.25) is 35.1 Å². The quantitative estimate of drug-likeness (QED) is 0.333. The molecule has 3 aromatic rings. The van der Waals surface area contributed by atoms with Crippen LogP contribution in [0.5, 0.6) is 0 Å². The Labute approximate surface area is 184 Å². The maximum absolute atomic E-state index is 13.5. The Morgan fingerprint density at radius 3 is 1.33 bits per heavy atom. The number of methoxy groups -OCH3 is 1. The molecule has 11 nitrogen and oxygen atoms in total. The molecule has 0 aliphatic heterocycles. The Balaban J connectivity index is 1.98. The zero-order valence-electron chi connectivity index (χ0n) is 16.9. The van der Waals surface area contributed by atoms with Crippen molar-refractivity contribution in [1.29, 1.82) is 0 Å². The largest absolute Gasteiger partial charge is 0.468 e. The molecule has 0 spiro atoms. The SMILES string of the molecule is COC(=O)C12c3cc([N+](=O)[O-])ccc3C(c3ccc([N+](=O)[O-])cc31)c1ccc([N+](=O)[O-])cc12. The first kappa shape index (κ1) is 20.2. The van der Waals surface area contributed by atoms with E-state index in [1.54, 1.807) is 18.2 Å². The Morgan fingerprint density at radius 1 is 0.727 bits per heavy atom. The molecule has 0 N–H and O–H groups in total. The molecule has 0 saturated carbocycles. The zero-order chi connectivity index (χ0) is 23.7. The number of nitro groups is 3. The number of benzene rings is 3. The van der Waals surface area contributed by atoms with Gasteiger partial charge in [-0.1, -0.05) is 18.2 Å². The highest BCUT2D eigenvalue weighted by atomic mass is 16.6. The third-order valence-corrected chi connectivity index (χ3v) is 6.38. The summed E-state index contributed by atoms with van der Waals surface area (Å²) >= 11 is 0. The Hall–Kier alpha value is -4.67. The van der Waals surface area contributed by atoms with E-state index in [1.807, 2.05) is 0 Å². The number of non-ortho nitro benzene ring substituents is 3. The third-order valence-electron chi connectivity index (χ3n) is 6.38. The van der Waals surface area contributed by atoms with Gasteiger partial charge < -0.3 is 4.74 Å². The van der Waals surface area contributed by atoms with Crippen molar-refractivity contribution in [2.75, 3.05) is 7.11 Å². The van der Waals surface area contributed by atoms with Crippen LogP contribution < -0.4 is 0 Å². The minimum atomic E-state index is -1.85. The van der Waals surface area contributed by atoms with Crippen LogP contribution >= 0.6 is 0 Å². The number of esters is 1. The molecule has 0 heterocycles. The summed E-state index contributed by atoms with van der Waals surface area (Å²) < 4.78 is 5.13. The van der Waals surface area contributed by atoms with Crippen LogP contribution in [-0.4, -0.2) is 27.8 Å². The Bertz CT molecular complexity index is 1270. The molecular formula is C22H13N3O8. The summed E-state index contributed by atoms with van der Waals surface area (Å²) in [5.74, 6) is -1.38. The fraction of sp³-hybridized carbons (Fsp3) is 0.136. The van der Waals surface area contributed by atoms with Crippen LogP contribution in [0.1, 0.15) is 39.3 Å². The molecule has 33 heavy (non-hydrogen) atoms. The first-order valence-electron chi connectivity index (χ1n) is 9.66. The second kappa shape index (κ2) is 6.66. The number of nitro benzene ring substituents is 3. The number of ether oxygens (including phenoxy) is 1. The van der Waals surface area contributed by atoms with E-state index in [2.05, 4.69) is 0 Å². The summed E-state index contributed by atoms with van der Waals surface area (Å²) in [6.07, 6.45) is 0. The lowest BCUT2D eigenvalue weighted by Crippen LogP contribution is -2.48. The molecule has 3 aliphatic rings. The predicted octanol–water partition coefficient (Wildman–Crippen LogP) is 3.73. The van der Waals surface area contributed by atoms with E-state index in [1.165, 1.54) is 36.4 Å². The Kier molecular flexibility index (Phi) is 4.09. The van der Waals surface area contributed by atoms with Gasteiger partial charge in [0.15, 0.2) is 0 Å². The number of rotatable bonds is 4. The minimum Gasteiger partial charge on any atom is -0.468 e. The molecule has 0 amide bonds. The molecule has 0 atom stereocenters. The van der Waals surface area contributed by atoms with Gasteiger partial charge in [0.1, 0.15) is 5.41 Å². The van der Waals surface area contributed by atoms with Crippen LogP contribution in [0.4, 0.5) is 17.1 Å². The van der Waals surface area contributed by atoms with Gasteiger partial charge in [0.25, 0.3) is 17.1 Å². The van der Waals surface area contributed by atoms with E-state index in [4.69, 9.17) is 4.74 Å². The lowest BCUT2D eigenvalue weighted by molar-refractivity contribution is -0.385. The molecule has 0 radical (unpaired) electrons. The molecule has 164 valence electrons. The van der Waals surface area contributed by atoms with Gasteiger partial charge in [-0.15, -0.1) is 0 Å². The van der Waals surface area contributed by atoms with Crippen LogP contribution in [0.3, 0.4) is 0 Å². The summed E-state index contributed by atoms with van der Waals surface area (Å²) in [5.41, 5.74) is -0.293. The maximum Gasteiger partial charge on any atom is 0.325 e. The standard InChI is InChI=1S/C22H13N3O8/c1-33-21(26)22-17-8-11(23(27)28)2-5-14(17)20(15-6-3-12(24(29)30)9-18(15)22)16-7-4-13(25(31)32)10-19(16)22/h2-10,20H,1H3. The van der Waals surface area contributed by atoms with Gasteiger partial charge in [0.2, 0.25) is 0 Å². The summed E-state index contributed by atoms with van der Waals surface area (Å²) in [5, 5.41) is 34.6. The first-order valence-corrected chi connectivity index (χ1v) is 9.66. The van der Waals surface area contributed by atoms with Gasteiger partial charge in [0, 0.05) is 42.3 Å². The van der Waals surface area contributed by atoms with Gasteiger partial charge in [-0.2, -0.15) is 0 Å². The van der Waals surface area contributed by atoms with Crippen LogP contribution in [0, 0.1) is 30.3 Å². The number of nitrogens with zero attached hydrogens (tertiary/aromatic N) is 3. The van der Waals surface area contributed by atoms with Crippen molar-refractivity contribution in [2.45, 2.75) is 11.3 Å². The number of hydrogen-bond acceptors (Lipinski definition) is 8. The van der Waals surface area contributed by atoms with Crippen LogP contribution in [-0.2, 0) is 14.9 Å². The highest BCUT2D eigenvalue weighted by Crippen LogP contribution is 2.60. The van der Waals surface area contributed by atoms with E-state index >= 15 is 0 Å². The molecule has 3 aromatic carbocycles. The summed E-state index contributed by atoms with van der Waals surface area (Å²) in [7, 11) is 1.13. The fourth-order valence-electron chi connectivity index (χ4n) is 5.12. The minimum absolute atomic E-state index is 0.217. The molecule has 0 saturated heterocycles. The second-order valence-corrected chi connectivity index (χ2v) is 7.76. The number of hydrogen-bond donors (Lipinski definition) is 0. The van der Waals surface area contributed by atoms with Crippen LogP contribution in [0.15, 0.2) is 54.6 Å². The van der Waals surface area contributed by atoms with Gasteiger partial charge >= 0.3 is 5.97 Å². The van der Waals surface area contributed by atoms with Gasteiger partial charge in [-0.05, 0) is 33.4 Å². The zero-order valence-corrected chi connectivity index (χ0v) is 16.9. The first-order chi connectivity index (χ1) is 15.7. The molecule has 0 aromatic heterocycles. The Morgan fingerprint density at radius 2 is 1.06 bits per heavy atom. The smallest absolute Gasteiger partial charge is 0.325 e. The van der Waals surface area contributed by atoms with Crippen molar-refractivity contribution in [3.05, 3.63) is 118 Å². The van der Waals surface area contributed by atoms with Crippen molar-refractivity contribution in [1.82, 2.24) is 0 Å². The van der Waals surface area contributed by atoms with Crippen LogP contribution in [0.25, 0.3) is 0 Å². The monoisotopic (exact) mass is 447 g/mol. The highest BCUT2D eigenvalue weighted by molar-refractivity contribution is 5.98. The number of carbonyl (C=O) groups excluding carboxylic acids is 1.